The first kappa shape index (κ1) is 12.7. The maximum absolute atomic E-state index is 6.35. The molecule has 2 heteroatoms. The van der Waals surface area contributed by atoms with E-state index < -0.39 is 0 Å². The molecule has 0 atom stereocenters. The summed E-state index contributed by atoms with van der Waals surface area (Å²) < 4.78 is 0. The summed E-state index contributed by atoms with van der Waals surface area (Å²) in [5.74, 6) is 0. The number of hydrogen-bond acceptors (Lipinski definition) is 2. The van der Waals surface area contributed by atoms with Gasteiger partial charge in [0, 0.05) is 10.4 Å². The zero-order valence-electron chi connectivity index (χ0n) is 12.0. The van der Waals surface area contributed by atoms with Crippen LogP contribution in [0.25, 0.3) is 11.1 Å². The number of hydrogen-bond donors (Lipinski definition) is 1. The number of rotatable bonds is 1. The topological polar surface area (TPSA) is 26.0 Å². The largest absolute Gasteiger partial charge is 0.390 e. The highest BCUT2D eigenvalue weighted by Crippen LogP contribution is 2.44. The van der Waals surface area contributed by atoms with Gasteiger partial charge in [0.05, 0.1) is 5.00 Å². The van der Waals surface area contributed by atoms with Crippen molar-refractivity contribution in [2.24, 2.45) is 0 Å². The molecule has 3 rings (SSSR count). The van der Waals surface area contributed by atoms with Crippen LogP contribution in [-0.4, -0.2) is 0 Å². The maximum Gasteiger partial charge on any atom is 0.0942 e. The molecule has 0 saturated heterocycles. The molecule has 2 N–H and O–H groups in total. The summed E-state index contributed by atoms with van der Waals surface area (Å²) in [7, 11) is 0. The zero-order chi connectivity index (χ0) is 13.6. The van der Waals surface area contributed by atoms with Crippen LogP contribution in [0.3, 0.4) is 0 Å². The highest BCUT2D eigenvalue weighted by Gasteiger charge is 2.22. The first-order valence-electron chi connectivity index (χ1n) is 7.06. The molecule has 0 spiro atoms. The van der Waals surface area contributed by atoms with Crippen molar-refractivity contribution in [1.82, 2.24) is 0 Å². The Kier molecular flexibility index (Phi) is 3.14. The average molecular weight is 271 g/mol. The Hall–Kier alpha value is -1.28. The monoisotopic (exact) mass is 271 g/mol. The van der Waals surface area contributed by atoms with Gasteiger partial charge in [0.1, 0.15) is 0 Å². The highest BCUT2D eigenvalue weighted by molar-refractivity contribution is 7.16. The SMILES string of the molecule is Cc1cc(C)c(-c2c(N)sc3c2CCCC3)c(C)c1. The van der Waals surface area contributed by atoms with E-state index in [4.69, 9.17) is 5.73 Å². The van der Waals surface area contributed by atoms with Gasteiger partial charge in [-0.05, 0) is 68.7 Å². The molecule has 1 nitrogen and oxygen atoms in total. The first-order chi connectivity index (χ1) is 9.08. The third kappa shape index (κ3) is 2.08. The van der Waals surface area contributed by atoms with Crippen molar-refractivity contribution in [3.05, 3.63) is 39.3 Å². The Labute approximate surface area is 119 Å². The van der Waals surface area contributed by atoms with Crippen LogP contribution in [0.1, 0.15) is 40.0 Å². The second kappa shape index (κ2) is 4.68. The lowest BCUT2D eigenvalue weighted by molar-refractivity contribution is 0.698. The highest BCUT2D eigenvalue weighted by atomic mass is 32.1. The normalized spacial score (nSPS) is 14.5. The van der Waals surface area contributed by atoms with Crippen LogP contribution in [0, 0.1) is 20.8 Å². The number of benzene rings is 1. The minimum absolute atomic E-state index is 1.02. The summed E-state index contributed by atoms with van der Waals surface area (Å²) in [5.41, 5.74) is 14.6. The smallest absolute Gasteiger partial charge is 0.0942 e. The van der Waals surface area contributed by atoms with Gasteiger partial charge < -0.3 is 5.73 Å². The second-order valence-electron chi connectivity index (χ2n) is 5.72. The Bertz CT molecular complexity index is 614. The number of aryl methyl sites for hydroxylation is 4. The fourth-order valence-electron chi connectivity index (χ4n) is 3.44. The van der Waals surface area contributed by atoms with Gasteiger partial charge in [-0.25, -0.2) is 0 Å². The van der Waals surface area contributed by atoms with Gasteiger partial charge in [-0.1, -0.05) is 17.7 Å². The molecule has 19 heavy (non-hydrogen) atoms. The fraction of sp³-hybridized carbons (Fsp3) is 0.412. The number of thiophene rings is 1. The molecular weight excluding hydrogens is 250 g/mol. The number of anilines is 1. The summed E-state index contributed by atoms with van der Waals surface area (Å²) in [4.78, 5) is 1.53. The van der Waals surface area contributed by atoms with Crippen LogP contribution in [0.15, 0.2) is 12.1 Å². The third-order valence-corrected chi connectivity index (χ3v) is 5.25. The van der Waals surface area contributed by atoms with Crippen molar-refractivity contribution in [3.63, 3.8) is 0 Å². The van der Waals surface area contributed by atoms with E-state index in [1.807, 2.05) is 11.3 Å². The van der Waals surface area contributed by atoms with Gasteiger partial charge in [0.15, 0.2) is 0 Å². The molecule has 1 aliphatic rings. The van der Waals surface area contributed by atoms with E-state index in [9.17, 15) is 0 Å². The minimum Gasteiger partial charge on any atom is -0.390 e. The van der Waals surface area contributed by atoms with E-state index in [0.29, 0.717) is 0 Å². The molecule has 0 fully saturated rings. The summed E-state index contributed by atoms with van der Waals surface area (Å²) in [6, 6.07) is 4.54. The van der Waals surface area contributed by atoms with Gasteiger partial charge in [-0.2, -0.15) is 0 Å². The van der Waals surface area contributed by atoms with E-state index in [1.165, 1.54) is 63.9 Å². The van der Waals surface area contributed by atoms with Crippen LogP contribution in [0.4, 0.5) is 5.00 Å². The molecule has 0 radical (unpaired) electrons. The van der Waals surface area contributed by atoms with Crippen molar-refractivity contribution in [3.8, 4) is 11.1 Å². The standard InChI is InChI=1S/C17H21NS/c1-10-8-11(2)15(12(3)9-10)16-13-6-4-5-7-14(13)19-17(16)18/h8-9H,4-7,18H2,1-3H3. The molecule has 100 valence electrons. The van der Waals surface area contributed by atoms with E-state index in [-0.39, 0.29) is 0 Å². The van der Waals surface area contributed by atoms with Crippen LogP contribution < -0.4 is 5.73 Å². The summed E-state index contributed by atoms with van der Waals surface area (Å²) in [5, 5.41) is 1.02. The molecule has 1 aromatic carbocycles. The molecule has 0 saturated carbocycles. The predicted octanol–water partition coefficient (Wildman–Crippen LogP) is 4.80. The minimum atomic E-state index is 1.02. The quantitative estimate of drug-likeness (QED) is 0.792. The molecule has 1 heterocycles. The van der Waals surface area contributed by atoms with E-state index in [2.05, 4.69) is 32.9 Å². The molecule has 1 aromatic heterocycles. The molecule has 2 aromatic rings. The van der Waals surface area contributed by atoms with Crippen molar-refractivity contribution < 1.29 is 0 Å². The van der Waals surface area contributed by atoms with Crippen molar-refractivity contribution in [1.29, 1.82) is 0 Å². The fourth-order valence-corrected chi connectivity index (χ4v) is 4.60. The van der Waals surface area contributed by atoms with Gasteiger partial charge in [-0.3, -0.25) is 0 Å². The lowest BCUT2D eigenvalue weighted by Crippen LogP contribution is -2.01. The Balaban J connectivity index is 2.25. The summed E-state index contributed by atoms with van der Waals surface area (Å²) in [6.45, 7) is 6.58. The number of nitrogens with two attached hydrogens (primary N) is 1. The maximum atomic E-state index is 6.35. The molecule has 0 aliphatic heterocycles. The van der Waals surface area contributed by atoms with Crippen molar-refractivity contribution >= 4 is 16.3 Å². The molecule has 0 bridgehead atoms. The van der Waals surface area contributed by atoms with Crippen LogP contribution in [-0.2, 0) is 12.8 Å². The lowest BCUT2D eigenvalue weighted by atomic mass is 9.88. The second-order valence-corrected chi connectivity index (χ2v) is 6.86. The van der Waals surface area contributed by atoms with E-state index >= 15 is 0 Å². The van der Waals surface area contributed by atoms with E-state index in [0.717, 1.165) is 5.00 Å². The van der Waals surface area contributed by atoms with Gasteiger partial charge in [0.2, 0.25) is 0 Å². The van der Waals surface area contributed by atoms with Crippen molar-refractivity contribution in [2.45, 2.75) is 46.5 Å². The molecular formula is C17H21NS. The zero-order valence-corrected chi connectivity index (χ0v) is 12.8. The summed E-state index contributed by atoms with van der Waals surface area (Å²) in [6.07, 6.45) is 5.04. The van der Waals surface area contributed by atoms with Gasteiger partial charge in [0.25, 0.3) is 0 Å². The van der Waals surface area contributed by atoms with Gasteiger partial charge >= 0.3 is 0 Å². The van der Waals surface area contributed by atoms with Crippen LogP contribution in [0.5, 0.6) is 0 Å². The van der Waals surface area contributed by atoms with E-state index in [1.54, 1.807) is 0 Å². The molecule has 1 aliphatic carbocycles. The van der Waals surface area contributed by atoms with Crippen molar-refractivity contribution in [2.75, 3.05) is 5.73 Å². The summed E-state index contributed by atoms with van der Waals surface area (Å²) >= 11 is 1.81. The van der Waals surface area contributed by atoms with Crippen LogP contribution in [0.2, 0.25) is 0 Å². The predicted molar refractivity (Wildman–Crippen MR) is 85.0 cm³/mol. The molecule has 0 unspecified atom stereocenters. The first-order valence-corrected chi connectivity index (χ1v) is 7.88. The molecule has 0 amide bonds. The average Bonchev–Trinajstić information content (AvgIpc) is 2.65. The Morgan fingerprint density at radius 2 is 1.58 bits per heavy atom. The Morgan fingerprint density at radius 1 is 0.947 bits per heavy atom. The number of fused-ring (bicyclic) bond motifs is 1. The Morgan fingerprint density at radius 3 is 2.26 bits per heavy atom. The van der Waals surface area contributed by atoms with Gasteiger partial charge in [-0.15, -0.1) is 11.3 Å². The third-order valence-electron chi connectivity index (χ3n) is 4.13. The van der Waals surface area contributed by atoms with Crippen LogP contribution >= 0.6 is 11.3 Å². The lowest BCUT2D eigenvalue weighted by Gasteiger charge is -2.16. The number of nitrogen functional groups attached to an aromatic ring is 1.